The molecule has 0 aliphatic rings. The van der Waals surface area contributed by atoms with Gasteiger partial charge in [0, 0.05) is 13.2 Å². The molecule has 0 bridgehead atoms. The Morgan fingerprint density at radius 1 is 1.58 bits per heavy atom. The second-order valence-corrected chi connectivity index (χ2v) is 2.76. The van der Waals surface area contributed by atoms with Crippen LogP contribution in [0.1, 0.15) is 31.0 Å². The number of hydrogen-bond donors (Lipinski definition) is 0. The van der Waals surface area contributed by atoms with Crippen LogP contribution in [-0.2, 0) is 13.5 Å². The van der Waals surface area contributed by atoms with Gasteiger partial charge in [0.2, 0.25) is 0 Å². The molecule has 0 saturated heterocycles. The number of halogens is 2. The number of aryl methyl sites for hydroxylation is 2. The lowest BCUT2D eigenvalue weighted by Gasteiger charge is -1.96. The quantitative estimate of drug-likeness (QED) is 0.687. The Labute approximate surface area is 70.2 Å². The van der Waals surface area contributed by atoms with E-state index in [0.717, 1.165) is 6.42 Å². The number of alkyl halides is 2. The van der Waals surface area contributed by atoms with Crippen LogP contribution in [-0.4, -0.2) is 9.78 Å². The van der Waals surface area contributed by atoms with E-state index in [1.807, 2.05) is 6.92 Å². The highest BCUT2D eigenvalue weighted by Gasteiger charge is 2.15. The van der Waals surface area contributed by atoms with Crippen molar-refractivity contribution in [2.45, 2.75) is 26.2 Å². The molecule has 0 spiro atoms. The second-order valence-electron chi connectivity index (χ2n) is 2.76. The lowest BCUT2D eigenvalue weighted by molar-refractivity contribution is 0.150. The van der Waals surface area contributed by atoms with Gasteiger partial charge in [0.1, 0.15) is 0 Å². The first-order valence-electron chi connectivity index (χ1n) is 3.95. The third-order valence-electron chi connectivity index (χ3n) is 1.66. The van der Waals surface area contributed by atoms with E-state index < -0.39 is 6.43 Å². The Morgan fingerprint density at radius 3 is 2.75 bits per heavy atom. The number of hydrogen-bond acceptors (Lipinski definition) is 1. The highest BCUT2D eigenvalue weighted by molar-refractivity contribution is 5.18. The molecule has 0 radical (unpaired) electrons. The van der Waals surface area contributed by atoms with Gasteiger partial charge in [-0.2, -0.15) is 5.10 Å². The maximum Gasteiger partial charge on any atom is 0.267 e. The van der Waals surface area contributed by atoms with Gasteiger partial charge in [0.25, 0.3) is 6.43 Å². The van der Waals surface area contributed by atoms with Gasteiger partial charge in [-0.1, -0.05) is 13.3 Å². The summed E-state index contributed by atoms with van der Waals surface area (Å²) < 4.78 is 26.1. The average molecular weight is 174 g/mol. The Bertz CT molecular complexity index is 256. The van der Waals surface area contributed by atoms with Crippen molar-refractivity contribution in [3.05, 3.63) is 17.5 Å². The van der Waals surface area contributed by atoms with E-state index in [1.165, 1.54) is 10.9 Å². The molecular weight excluding hydrogens is 162 g/mol. The van der Waals surface area contributed by atoms with Crippen LogP contribution in [0, 0.1) is 0 Å². The summed E-state index contributed by atoms with van der Waals surface area (Å²) in [7, 11) is 1.66. The van der Waals surface area contributed by atoms with E-state index in [0.29, 0.717) is 12.1 Å². The Morgan fingerprint density at radius 2 is 2.25 bits per heavy atom. The SMILES string of the molecule is CCCc1nn(C)cc1C(F)F. The molecule has 0 saturated carbocycles. The third-order valence-corrected chi connectivity index (χ3v) is 1.66. The summed E-state index contributed by atoms with van der Waals surface area (Å²) in [4.78, 5) is 0. The summed E-state index contributed by atoms with van der Waals surface area (Å²) in [6.45, 7) is 1.95. The molecule has 2 nitrogen and oxygen atoms in total. The average Bonchev–Trinajstić information content (AvgIpc) is 2.32. The predicted octanol–water partition coefficient (Wildman–Crippen LogP) is 2.31. The standard InChI is InChI=1S/C8H12F2N2/c1-3-4-7-6(8(9)10)5-12(2)11-7/h5,8H,3-4H2,1-2H3. The van der Waals surface area contributed by atoms with Gasteiger partial charge in [-0.3, -0.25) is 4.68 Å². The van der Waals surface area contributed by atoms with Crippen LogP contribution in [0.3, 0.4) is 0 Å². The minimum atomic E-state index is -2.40. The molecule has 0 aromatic carbocycles. The minimum absolute atomic E-state index is 0.0688. The van der Waals surface area contributed by atoms with Gasteiger partial charge in [0.15, 0.2) is 0 Å². The minimum Gasteiger partial charge on any atom is -0.275 e. The number of aromatic nitrogens is 2. The second kappa shape index (κ2) is 3.65. The van der Waals surface area contributed by atoms with Crippen LogP contribution in [0.4, 0.5) is 8.78 Å². The Hall–Kier alpha value is -0.930. The van der Waals surface area contributed by atoms with Crippen molar-refractivity contribution in [1.29, 1.82) is 0 Å². The molecule has 0 aliphatic heterocycles. The topological polar surface area (TPSA) is 17.8 Å². The van der Waals surface area contributed by atoms with E-state index in [1.54, 1.807) is 7.05 Å². The first-order chi connectivity index (χ1) is 5.65. The highest BCUT2D eigenvalue weighted by atomic mass is 19.3. The molecule has 0 aliphatic carbocycles. The monoisotopic (exact) mass is 174 g/mol. The van der Waals surface area contributed by atoms with Crippen LogP contribution in [0.2, 0.25) is 0 Å². The smallest absolute Gasteiger partial charge is 0.267 e. The van der Waals surface area contributed by atoms with E-state index >= 15 is 0 Å². The summed E-state index contributed by atoms with van der Waals surface area (Å²) in [5, 5.41) is 3.96. The normalized spacial score (nSPS) is 11.1. The van der Waals surface area contributed by atoms with Crippen molar-refractivity contribution >= 4 is 0 Å². The van der Waals surface area contributed by atoms with Crippen molar-refractivity contribution < 1.29 is 8.78 Å². The molecule has 1 heterocycles. The first kappa shape index (κ1) is 9.16. The molecule has 12 heavy (non-hydrogen) atoms. The van der Waals surface area contributed by atoms with Gasteiger partial charge in [-0.15, -0.1) is 0 Å². The van der Waals surface area contributed by atoms with Gasteiger partial charge in [0.05, 0.1) is 11.3 Å². The molecule has 0 N–H and O–H groups in total. The molecule has 0 unspecified atom stereocenters. The molecule has 1 aromatic heterocycles. The van der Waals surface area contributed by atoms with Gasteiger partial charge in [-0.05, 0) is 6.42 Å². The maximum atomic E-state index is 12.3. The lowest BCUT2D eigenvalue weighted by Crippen LogP contribution is -1.92. The Kier molecular flexibility index (Phi) is 2.78. The van der Waals surface area contributed by atoms with Gasteiger partial charge >= 0.3 is 0 Å². The van der Waals surface area contributed by atoms with Crippen molar-refractivity contribution in [3.63, 3.8) is 0 Å². The highest BCUT2D eigenvalue weighted by Crippen LogP contribution is 2.22. The summed E-state index contributed by atoms with van der Waals surface area (Å²) >= 11 is 0. The maximum absolute atomic E-state index is 12.3. The van der Waals surface area contributed by atoms with Gasteiger partial charge in [-0.25, -0.2) is 8.78 Å². The zero-order valence-electron chi connectivity index (χ0n) is 7.22. The van der Waals surface area contributed by atoms with Crippen LogP contribution in [0.15, 0.2) is 6.20 Å². The summed E-state index contributed by atoms with van der Waals surface area (Å²) in [6, 6.07) is 0. The van der Waals surface area contributed by atoms with E-state index in [4.69, 9.17) is 0 Å². The Balaban J connectivity index is 2.92. The molecular formula is C8H12F2N2. The number of rotatable bonds is 3. The molecule has 1 aromatic rings. The third kappa shape index (κ3) is 1.81. The zero-order chi connectivity index (χ0) is 9.14. The molecule has 0 atom stereocenters. The van der Waals surface area contributed by atoms with E-state index in [-0.39, 0.29) is 5.56 Å². The lowest BCUT2D eigenvalue weighted by atomic mass is 10.2. The van der Waals surface area contributed by atoms with Crippen molar-refractivity contribution in [1.82, 2.24) is 9.78 Å². The van der Waals surface area contributed by atoms with Crippen LogP contribution >= 0.6 is 0 Å². The van der Waals surface area contributed by atoms with Crippen LogP contribution in [0.25, 0.3) is 0 Å². The fraction of sp³-hybridized carbons (Fsp3) is 0.625. The molecule has 4 heteroatoms. The van der Waals surface area contributed by atoms with Crippen molar-refractivity contribution in [3.8, 4) is 0 Å². The molecule has 68 valence electrons. The molecule has 0 fully saturated rings. The van der Waals surface area contributed by atoms with Crippen molar-refractivity contribution in [2.24, 2.45) is 7.05 Å². The summed E-state index contributed by atoms with van der Waals surface area (Å²) in [6.07, 6.45) is 0.452. The van der Waals surface area contributed by atoms with E-state index in [2.05, 4.69) is 5.10 Å². The van der Waals surface area contributed by atoms with E-state index in [9.17, 15) is 8.78 Å². The fourth-order valence-corrected chi connectivity index (χ4v) is 1.17. The molecule has 0 amide bonds. The predicted molar refractivity (Wildman–Crippen MR) is 42.2 cm³/mol. The first-order valence-corrected chi connectivity index (χ1v) is 3.95. The van der Waals surface area contributed by atoms with Crippen molar-refractivity contribution in [2.75, 3.05) is 0 Å². The largest absolute Gasteiger partial charge is 0.275 e. The van der Waals surface area contributed by atoms with Crippen LogP contribution < -0.4 is 0 Å². The van der Waals surface area contributed by atoms with Crippen LogP contribution in [0.5, 0.6) is 0 Å². The number of nitrogens with zero attached hydrogens (tertiary/aromatic N) is 2. The summed E-state index contributed by atoms with van der Waals surface area (Å²) in [5.74, 6) is 0. The zero-order valence-corrected chi connectivity index (χ0v) is 7.22. The summed E-state index contributed by atoms with van der Waals surface area (Å²) in [5.41, 5.74) is 0.592. The van der Waals surface area contributed by atoms with Gasteiger partial charge < -0.3 is 0 Å². The molecule has 1 rings (SSSR count). The fourth-order valence-electron chi connectivity index (χ4n) is 1.17.